The van der Waals surface area contributed by atoms with Crippen molar-refractivity contribution in [3.05, 3.63) is 101 Å². The Morgan fingerprint density at radius 2 is 1.68 bits per heavy atom. The number of hydrogen-bond acceptors (Lipinski definition) is 5. The quantitative estimate of drug-likeness (QED) is 0.466. The summed E-state index contributed by atoms with van der Waals surface area (Å²) in [4.78, 5) is 11.5. The van der Waals surface area contributed by atoms with E-state index in [0.29, 0.717) is 5.13 Å². The molecule has 2 aromatic heterocycles. The van der Waals surface area contributed by atoms with Crippen LogP contribution >= 0.6 is 11.3 Å². The van der Waals surface area contributed by atoms with Gasteiger partial charge < -0.3 is 5.73 Å². The molecule has 1 aliphatic heterocycles. The molecule has 31 heavy (non-hydrogen) atoms. The molecule has 2 aromatic carbocycles. The van der Waals surface area contributed by atoms with Gasteiger partial charge in [0.25, 0.3) is 0 Å². The number of aromatic nitrogens is 2. The molecule has 1 aliphatic rings. The SMILES string of the molecule is Nc1nc(C2(c3ccccc3)CCN(Cc3ccc(-c4cccnc4)cc3)CC2)cs1. The Kier molecular flexibility index (Phi) is 5.53. The van der Waals surface area contributed by atoms with Crippen LogP contribution in [0.15, 0.2) is 84.5 Å². The molecular formula is C26H26N4S. The van der Waals surface area contributed by atoms with E-state index in [9.17, 15) is 0 Å². The molecule has 0 unspecified atom stereocenters. The predicted octanol–water partition coefficient (Wildman–Crippen LogP) is 5.37. The Morgan fingerprint density at radius 1 is 0.903 bits per heavy atom. The lowest BCUT2D eigenvalue weighted by molar-refractivity contribution is 0.170. The Labute approximate surface area is 187 Å². The highest BCUT2D eigenvalue weighted by Crippen LogP contribution is 2.42. The third-order valence-electron chi connectivity index (χ3n) is 6.40. The van der Waals surface area contributed by atoms with E-state index in [4.69, 9.17) is 10.7 Å². The largest absolute Gasteiger partial charge is 0.375 e. The average molecular weight is 427 g/mol. The van der Waals surface area contributed by atoms with E-state index in [-0.39, 0.29) is 5.41 Å². The molecule has 0 spiro atoms. The second-order valence-electron chi connectivity index (χ2n) is 8.23. The number of nitrogens with zero attached hydrogens (tertiary/aromatic N) is 3. The fourth-order valence-electron chi connectivity index (χ4n) is 4.64. The van der Waals surface area contributed by atoms with E-state index in [0.717, 1.165) is 43.7 Å². The second kappa shape index (κ2) is 8.61. The lowest BCUT2D eigenvalue weighted by Crippen LogP contribution is -2.43. The summed E-state index contributed by atoms with van der Waals surface area (Å²) in [5.74, 6) is 0. The number of benzene rings is 2. The maximum Gasteiger partial charge on any atom is 0.180 e. The molecule has 4 nitrogen and oxygen atoms in total. The first-order chi connectivity index (χ1) is 15.2. The minimum Gasteiger partial charge on any atom is -0.375 e. The molecule has 1 saturated heterocycles. The van der Waals surface area contributed by atoms with Gasteiger partial charge in [0.05, 0.1) is 5.69 Å². The first-order valence-electron chi connectivity index (χ1n) is 10.7. The number of likely N-dealkylation sites (tertiary alicyclic amines) is 1. The number of pyridine rings is 1. The van der Waals surface area contributed by atoms with Gasteiger partial charge in [-0.3, -0.25) is 9.88 Å². The first-order valence-corrected chi connectivity index (χ1v) is 11.6. The van der Waals surface area contributed by atoms with Crippen molar-refractivity contribution >= 4 is 16.5 Å². The van der Waals surface area contributed by atoms with Crippen LogP contribution < -0.4 is 5.73 Å². The predicted molar refractivity (Wildman–Crippen MR) is 128 cm³/mol. The molecule has 0 radical (unpaired) electrons. The highest BCUT2D eigenvalue weighted by atomic mass is 32.1. The van der Waals surface area contributed by atoms with E-state index in [1.165, 1.54) is 16.7 Å². The smallest absolute Gasteiger partial charge is 0.180 e. The summed E-state index contributed by atoms with van der Waals surface area (Å²) < 4.78 is 0. The number of anilines is 1. The zero-order valence-electron chi connectivity index (χ0n) is 17.4. The normalized spacial score (nSPS) is 16.3. The summed E-state index contributed by atoms with van der Waals surface area (Å²) in [5, 5.41) is 2.80. The Balaban J connectivity index is 1.31. The molecule has 0 saturated carbocycles. The van der Waals surface area contributed by atoms with E-state index in [1.54, 1.807) is 11.3 Å². The Morgan fingerprint density at radius 3 is 2.32 bits per heavy atom. The van der Waals surface area contributed by atoms with Crippen molar-refractivity contribution < 1.29 is 0 Å². The third-order valence-corrected chi connectivity index (χ3v) is 7.08. The number of hydrogen-bond donors (Lipinski definition) is 1. The fraction of sp³-hybridized carbons (Fsp3) is 0.231. The standard InChI is InChI=1S/C26H26N4S/c27-25-29-24(19-31-25)26(23-6-2-1-3-7-23)12-15-30(16-13-26)18-20-8-10-21(11-9-20)22-5-4-14-28-17-22/h1-11,14,17,19H,12-13,15-16,18H2,(H2,27,29). The molecule has 5 rings (SSSR count). The van der Waals surface area contributed by atoms with Crippen LogP contribution in [-0.4, -0.2) is 28.0 Å². The van der Waals surface area contributed by atoms with Crippen LogP contribution in [0.25, 0.3) is 11.1 Å². The van der Waals surface area contributed by atoms with Crippen molar-refractivity contribution in [2.45, 2.75) is 24.8 Å². The van der Waals surface area contributed by atoms with Gasteiger partial charge in [-0.1, -0.05) is 60.7 Å². The van der Waals surface area contributed by atoms with Gasteiger partial charge in [0, 0.05) is 29.7 Å². The molecule has 0 atom stereocenters. The number of nitrogens with two attached hydrogens (primary N) is 1. The van der Waals surface area contributed by atoms with Crippen molar-refractivity contribution in [3.8, 4) is 11.1 Å². The Bertz CT molecular complexity index is 1120. The maximum absolute atomic E-state index is 6.00. The summed E-state index contributed by atoms with van der Waals surface area (Å²) in [6, 6.07) is 23.8. The number of rotatable bonds is 5. The molecular weight excluding hydrogens is 400 g/mol. The summed E-state index contributed by atoms with van der Waals surface area (Å²) >= 11 is 1.54. The summed E-state index contributed by atoms with van der Waals surface area (Å²) in [6.07, 6.45) is 5.82. The van der Waals surface area contributed by atoms with Crippen LogP contribution in [0, 0.1) is 0 Å². The lowest BCUT2D eigenvalue weighted by Gasteiger charge is -2.41. The minimum absolute atomic E-state index is 0.0456. The van der Waals surface area contributed by atoms with Crippen molar-refractivity contribution in [1.82, 2.24) is 14.9 Å². The van der Waals surface area contributed by atoms with Crippen molar-refractivity contribution in [2.75, 3.05) is 18.8 Å². The molecule has 1 fully saturated rings. The highest BCUT2D eigenvalue weighted by molar-refractivity contribution is 7.13. The topological polar surface area (TPSA) is 55.0 Å². The first kappa shape index (κ1) is 19.9. The van der Waals surface area contributed by atoms with Crippen molar-refractivity contribution in [2.24, 2.45) is 0 Å². The van der Waals surface area contributed by atoms with Crippen molar-refractivity contribution in [3.63, 3.8) is 0 Å². The van der Waals surface area contributed by atoms with Gasteiger partial charge >= 0.3 is 0 Å². The van der Waals surface area contributed by atoms with Gasteiger partial charge in [-0.25, -0.2) is 4.98 Å². The average Bonchev–Trinajstić information content (AvgIpc) is 3.28. The van der Waals surface area contributed by atoms with Gasteiger partial charge in [-0.2, -0.15) is 0 Å². The van der Waals surface area contributed by atoms with Gasteiger partial charge in [0.2, 0.25) is 0 Å². The van der Waals surface area contributed by atoms with Crippen LogP contribution in [-0.2, 0) is 12.0 Å². The molecule has 4 aromatic rings. The third kappa shape index (κ3) is 4.11. The maximum atomic E-state index is 6.00. The minimum atomic E-state index is -0.0456. The molecule has 156 valence electrons. The van der Waals surface area contributed by atoms with E-state index < -0.39 is 0 Å². The summed E-state index contributed by atoms with van der Waals surface area (Å²) in [5.41, 5.74) is 12.1. The van der Waals surface area contributed by atoms with Crippen LogP contribution in [0.5, 0.6) is 0 Å². The molecule has 0 aliphatic carbocycles. The molecule has 0 bridgehead atoms. The Hall–Kier alpha value is -3.02. The van der Waals surface area contributed by atoms with Crippen LogP contribution in [0.2, 0.25) is 0 Å². The van der Waals surface area contributed by atoms with Crippen LogP contribution in [0.3, 0.4) is 0 Å². The van der Waals surface area contributed by atoms with Gasteiger partial charge in [-0.15, -0.1) is 11.3 Å². The van der Waals surface area contributed by atoms with Crippen LogP contribution in [0.1, 0.15) is 29.7 Å². The monoisotopic (exact) mass is 426 g/mol. The summed E-state index contributed by atoms with van der Waals surface area (Å²) in [6.45, 7) is 3.05. The zero-order valence-corrected chi connectivity index (χ0v) is 18.3. The second-order valence-corrected chi connectivity index (χ2v) is 9.12. The lowest BCUT2D eigenvalue weighted by atomic mass is 9.70. The molecule has 3 heterocycles. The number of thiazole rings is 1. The summed E-state index contributed by atoms with van der Waals surface area (Å²) in [7, 11) is 0. The van der Waals surface area contributed by atoms with E-state index in [1.807, 2.05) is 18.5 Å². The highest BCUT2D eigenvalue weighted by Gasteiger charge is 2.39. The van der Waals surface area contributed by atoms with E-state index >= 15 is 0 Å². The van der Waals surface area contributed by atoms with E-state index in [2.05, 4.69) is 75.9 Å². The molecule has 5 heteroatoms. The number of piperidine rings is 1. The molecule has 2 N–H and O–H groups in total. The fourth-order valence-corrected chi connectivity index (χ4v) is 5.31. The number of nitrogen functional groups attached to an aromatic ring is 1. The van der Waals surface area contributed by atoms with Crippen molar-refractivity contribution in [1.29, 1.82) is 0 Å². The van der Waals surface area contributed by atoms with Gasteiger partial charge in [0.15, 0.2) is 5.13 Å². The van der Waals surface area contributed by atoms with Crippen LogP contribution in [0.4, 0.5) is 5.13 Å². The van der Waals surface area contributed by atoms with Gasteiger partial charge in [-0.05, 0) is 54.3 Å². The molecule has 0 amide bonds. The zero-order chi connectivity index (χ0) is 21.1. The van der Waals surface area contributed by atoms with Gasteiger partial charge in [0.1, 0.15) is 0 Å².